The number of nitrogens with zero attached hydrogens (tertiary/aromatic N) is 2. The van der Waals surface area contributed by atoms with Gasteiger partial charge in [0.2, 0.25) is 0 Å². The summed E-state index contributed by atoms with van der Waals surface area (Å²) in [5, 5.41) is 13.1. The minimum absolute atomic E-state index is 0.233. The number of nitrogens with one attached hydrogen (secondary N) is 1. The molecule has 0 bridgehead atoms. The number of hydrogen-bond acceptors (Lipinski definition) is 4. The molecule has 1 N–H and O–H groups in total. The first-order chi connectivity index (χ1) is 13.7. The van der Waals surface area contributed by atoms with Gasteiger partial charge in [-0.1, -0.05) is 30.3 Å². The van der Waals surface area contributed by atoms with Gasteiger partial charge in [0, 0.05) is 16.7 Å². The van der Waals surface area contributed by atoms with Crippen molar-refractivity contribution in [2.75, 3.05) is 0 Å². The van der Waals surface area contributed by atoms with Crippen LogP contribution >= 0.6 is 0 Å². The lowest BCUT2D eigenvalue weighted by Gasteiger charge is -2.10. The minimum atomic E-state index is -0.447. The minimum Gasteiger partial charge on any atom is -0.488 e. The third-order valence-electron chi connectivity index (χ3n) is 3.92. The Hall–Kier alpha value is -3.98. The van der Waals surface area contributed by atoms with Crippen molar-refractivity contribution in [2.24, 2.45) is 5.10 Å². The van der Waals surface area contributed by atoms with Gasteiger partial charge in [0.1, 0.15) is 18.2 Å². The van der Waals surface area contributed by atoms with Gasteiger partial charge in [-0.25, -0.2) is 9.82 Å². The van der Waals surface area contributed by atoms with Crippen LogP contribution in [0.2, 0.25) is 0 Å². The van der Waals surface area contributed by atoms with Crippen molar-refractivity contribution in [2.45, 2.75) is 6.61 Å². The Bertz CT molecular complexity index is 1040. The van der Waals surface area contributed by atoms with Crippen LogP contribution in [0.4, 0.5) is 4.39 Å². The van der Waals surface area contributed by atoms with Crippen LogP contribution < -0.4 is 10.2 Å². The Balaban J connectivity index is 1.66. The molecular weight excluding hydrogens is 357 g/mol. The summed E-state index contributed by atoms with van der Waals surface area (Å²) in [5.74, 6) is -0.295. The molecule has 0 spiro atoms. The lowest BCUT2D eigenvalue weighted by molar-refractivity contribution is 0.0955. The van der Waals surface area contributed by atoms with Gasteiger partial charge in [0.25, 0.3) is 5.91 Å². The summed E-state index contributed by atoms with van der Waals surface area (Å²) in [5.41, 5.74) is 4.70. The summed E-state index contributed by atoms with van der Waals surface area (Å²) < 4.78 is 18.7. The molecule has 3 aromatic carbocycles. The summed E-state index contributed by atoms with van der Waals surface area (Å²) >= 11 is 0. The summed E-state index contributed by atoms with van der Waals surface area (Å²) in [6, 6.07) is 21.7. The topological polar surface area (TPSA) is 74.5 Å². The van der Waals surface area contributed by atoms with Gasteiger partial charge in [0.05, 0.1) is 17.8 Å². The van der Waals surface area contributed by atoms with E-state index in [0.717, 1.165) is 5.56 Å². The van der Waals surface area contributed by atoms with E-state index in [1.54, 1.807) is 24.3 Å². The second-order valence-corrected chi connectivity index (χ2v) is 5.80. The van der Waals surface area contributed by atoms with Crippen molar-refractivity contribution in [3.05, 3.63) is 101 Å². The maximum atomic E-state index is 12.9. The lowest BCUT2D eigenvalue weighted by Crippen LogP contribution is -2.17. The number of rotatable bonds is 6. The maximum Gasteiger partial charge on any atom is 0.271 e. The van der Waals surface area contributed by atoms with Crippen LogP contribution in [0.3, 0.4) is 0 Å². The normalized spacial score (nSPS) is 10.4. The molecule has 5 nitrogen and oxygen atoms in total. The van der Waals surface area contributed by atoms with Gasteiger partial charge in [-0.05, 0) is 42.5 Å². The molecular formula is C22H16FN3O2. The van der Waals surface area contributed by atoms with Crippen molar-refractivity contribution in [1.82, 2.24) is 5.43 Å². The summed E-state index contributed by atoms with van der Waals surface area (Å²) in [7, 11) is 0. The fraction of sp³-hybridized carbons (Fsp3) is 0.0455. The molecule has 0 aliphatic carbocycles. The lowest BCUT2D eigenvalue weighted by atomic mass is 10.1. The molecule has 0 aliphatic rings. The Morgan fingerprint density at radius 2 is 1.79 bits per heavy atom. The van der Waals surface area contributed by atoms with Crippen molar-refractivity contribution in [3.8, 4) is 11.8 Å². The molecule has 0 fully saturated rings. The zero-order chi connectivity index (χ0) is 19.8. The molecule has 0 saturated heterocycles. The van der Waals surface area contributed by atoms with E-state index in [4.69, 9.17) is 10.00 Å². The van der Waals surface area contributed by atoms with Crippen molar-refractivity contribution >= 4 is 12.1 Å². The summed E-state index contributed by atoms with van der Waals surface area (Å²) in [6.07, 6.45) is 1.47. The smallest absolute Gasteiger partial charge is 0.271 e. The van der Waals surface area contributed by atoms with Crippen LogP contribution in [-0.2, 0) is 6.61 Å². The predicted molar refractivity (Wildman–Crippen MR) is 103 cm³/mol. The second kappa shape index (κ2) is 9.10. The quantitative estimate of drug-likeness (QED) is 0.523. The molecule has 0 aromatic heterocycles. The maximum absolute atomic E-state index is 12.9. The van der Waals surface area contributed by atoms with E-state index in [-0.39, 0.29) is 6.61 Å². The first-order valence-electron chi connectivity index (χ1n) is 8.46. The van der Waals surface area contributed by atoms with Crippen molar-refractivity contribution < 1.29 is 13.9 Å². The van der Waals surface area contributed by atoms with Gasteiger partial charge in [-0.3, -0.25) is 4.79 Å². The zero-order valence-electron chi connectivity index (χ0n) is 14.8. The van der Waals surface area contributed by atoms with Crippen molar-refractivity contribution in [1.29, 1.82) is 5.26 Å². The van der Waals surface area contributed by atoms with Crippen LogP contribution in [-0.4, -0.2) is 12.1 Å². The second-order valence-electron chi connectivity index (χ2n) is 5.80. The molecule has 6 heteroatoms. The summed E-state index contributed by atoms with van der Waals surface area (Å²) in [6.45, 7) is 0.233. The highest BCUT2D eigenvalue weighted by molar-refractivity contribution is 5.95. The van der Waals surface area contributed by atoms with Crippen LogP contribution in [0, 0.1) is 17.1 Å². The Labute approximate surface area is 161 Å². The molecule has 0 heterocycles. The van der Waals surface area contributed by atoms with Gasteiger partial charge >= 0.3 is 0 Å². The number of halogens is 1. The van der Waals surface area contributed by atoms with E-state index in [1.807, 2.05) is 24.3 Å². The van der Waals surface area contributed by atoms with E-state index in [9.17, 15) is 9.18 Å². The monoisotopic (exact) mass is 373 g/mol. The van der Waals surface area contributed by atoms with E-state index in [0.29, 0.717) is 22.4 Å². The zero-order valence-corrected chi connectivity index (χ0v) is 14.8. The predicted octanol–water partition coefficient (Wildman–Crippen LogP) is 4.04. The number of hydrazone groups is 1. The van der Waals surface area contributed by atoms with E-state index >= 15 is 0 Å². The first-order valence-corrected chi connectivity index (χ1v) is 8.46. The Morgan fingerprint density at radius 1 is 1.07 bits per heavy atom. The molecule has 0 atom stereocenters. The van der Waals surface area contributed by atoms with Crippen LogP contribution in [0.5, 0.6) is 5.75 Å². The first kappa shape index (κ1) is 18.8. The Kier molecular flexibility index (Phi) is 6.11. The molecule has 0 unspecified atom stereocenters. The number of benzene rings is 3. The molecule has 0 radical (unpaired) electrons. The number of carbonyl (C=O) groups excluding carboxylic acids is 1. The van der Waals surface area contributed by atoms with E-state index in [1.165, 1.54) is 30.5 Å². The fourth-order valence-corrected chi connectivity index (χ4v) is 2.46. The molecule has 138 valence electrons. The number of amides is 1. The number of hydrogen-bond donors (Lipinski definition) is 1. The van der Waals surface area contributed by atoms with E-state index in [2.05, 4.69) is 16.6 Å². The van der Waals surface area contributed by atoms with Crippen LogP contribution in [0.15, 0.2) is 77.9 Å². The average molecular weight is 373 g/mol. The third-order valence-corrected chi connectivity index (χ3v) is 3.92. The van der Waals surface area contributed by atoms with Crippen molar-refractivity contribution in [3.63, 3.8) is 0 Å². The highest BCUT2D eigenvalue weighted by atomic mass is 19.1. The molecule has 0 saturated carbocycles. The standard InChI is InChI=1S/C22H16FN3O2/c23-20-11-9-16(10-12-20)22(27)26-25-14-18-6-3-4-8-21(18)28-15-19-7-2-1-5-17(19)13-24/h1-12,14H,15H2,(H,26,27)/b25-14-. The molecule has 28 heavy (non-hydrogen) atoms. The fourth-order valence-electron chi connectivity index (χ4n) is 2.46. The highest BCUT2D eigenvalue weighted by Gasteiger charge is 2.06. The molecule has 1 amide bonds. The number of nitriles is 1. The molecule has 3 rings (SSSR count). The SMILES string of the molecule is N#Cc1ccccc1COc1ccccc1/C=N\NC(=O)c1ccc(F)cc1. The van der Waals surface area contributed by atoms with Gasteiger partial charge in [0.15, 0.2) is 0 Å². The van der Waals surface area contributed by atoms with Gasteiger partial charge < -0.3 is 4.74 Å². The Morgan fingerprint density at radius 3 is 2.57 bits per heavy atom. The van der Waals surface area contributed by atoms with Crippen LogP contribution in [0.25, 0.3) is 0 Å². The molecule has 3 aromatic rings. The number of para-hydroxylation sites is 1. The number of carbonyl (C=O) groups is 1. The highest BCUT2D eigenvalue weighted by Crippen LogP contribution is 2.18. The van der Waals surface area contributed by atoms with Crippen LogP contribution in [0.1, 0.15) is 27.0 Å². The largest absolute Gasteiger partial charge is 0.488 e. The number of ether oxygens (including phenoxy) is 1. The molecule has 0 aliphatic heterocycles. The average Bonchev–Trinajstić information content (AvgIpc) is 2.73. The van der Waals surface area contributed by atoms with Gasteiger partial charge in [-0.2, -0.15) is 10.4 Å². The third kappa shape index (κ3) is 4.80. The van der Waals surface area contributed by atoms with Gasteiger partial charge in [-0.15, -0.1) is 0 Å². The van der Waals surface area contributed by atoms with E-state index < -0.39 is 11.7 Å². The summed E-state index contributed by atoms with van der Waals surface area (Å²) in [4.78, 5) is 12.0.